The van der Waals surface area contributed by atoms with Crippen LogP contribution in [0.1, 0.15) is 29.3 Å². The van der Waals surface area contributed by atoms with E-state index >= 15 is 0 Å². The largest absolute Gasteiger partial charge is 0.326 e. The van der Waals surface area contributed by atoms with Gasteiger partial charge in [0.15, 0.2) is 5.78 Å². The van der Waals surface area contributed by atoms with E-state index in [1.165, 1.54) is 6.92 Å². The standard InChI is InChI=1S/C17H15NO3/c1-12(19)10-16(20)18-15-9-5-8-14(11-15)17(21)13-6-3-2-4-7-13/h2-9,11H,10H2,1H3,(H,18,20). The van der Waals surface area contributed by atoms with Gasteiger partial charge in [0, 0.05) is 16.8 Å². The van der Waals surface area contributed by atoms with Crippen LogP contribution in [0.2, 0.25) is 0 Å². The Morgan fingerprint density at radius 3 is 2.24 bits per heavy atom. The molecule has 0 heterocycles. The van der Waals surface area contributed by atoms with Crippen molar-refractivity contribution in [3.05, 3.63) is 65.7 Å². The maximum atomic E-state index is 12.3. The summed E-state index contributed by atoms with van der Waals surface area (Å²) in [4.78, 5) is 34.7. The number of Topliss-reactive ketones (excluding diaryl/α,β-unsaturated/α-hetero) is 1. The van der Waals surface area contributed by atoms with E-state index in [0.29, 0.717) is 16.8 Å². The van der Waals surface area contributed by atoms with Crippen LogP contribution in [0.4, 0.5) is 5.69 Å². The summed E-state index contributed by atoms with van der Waals surface area (Å²) in [7, 11) is 0. The third-order valence-corrected chi connectivity index (χ3v) is 2.85. The average Bonchev–Trinajstić information content (AvgIpc) is 2.46. The molecule has 0 radical (unpaired) electrons. The maximum absolute atomic E-state index is 12.3. The van der Waals surface area contributed by atoms with Crippen molar-refractivity contribution in [2.45, 2.75) is 13.3 Å². The lowest BCUT2D eigenvalue weighted by atomic mass is 10.0. The number of hydrogen-bond acceptors (Lipinski definition) is 3. The zero-order chi connectivity index (χ0) is 15.2. The van der Waals surface area contributed by atoms with Gasteiger partial charge in [0.25, 0.3) is 0 Å². The highest BCUT2D eigenvalue weighted by atomic mass is 16.2. The van der Waals surface area contributed by atoms with E-state index in [2.05, 4.69) is 5.32 Å². The molecule has 106 valence electrons. The Labute approximate surface area is 122 Å². The summed E-state index contributed by atoms with van der Waals surface area (Å²) in [5, 5.41) is 2.61. The molecule has 21 heavy (non-hydrogen) atoms. The van der Waals surface area contributed by atoms with E-state index in [9.17, 15) is 14.4 Å². The first kappa shape index (κ1) is 14.7. The summed E-state index contributed by atoms with van der Waals surface area (Å²) in [5.74, 6) is -0.700. The summed E-state index contributed by atoms with van der Waals surface area (Å²) < 4.78 is 0. The van der Waals surface area contributed by atoms with Gasteiger partial charge in [-0.15, -0.1) is 0 Å². The van der Waals surface area contributed by atoms with Gasteiger partial charge in [0.2, 0.25) is 5.91 Å². The van der Waals surface area contributed by atoms with Gasteiger partial charge >= 0.3 is 0 Å². The Hall–Kier alpha value is -2.75. The fourth-order valence-electron chi connectivity index (χ4n) is 1.93. The molecule has 2 aromatic rings. The van der Waals surface area contributed by atoms with E-state index in [0.717, 1.165) is 0 Å². The summed E-state index contributed by atoms with van der Waals surface area (Å²) in [6.45, 7) is 1.36. The molecule has 0 fully saturated rings. The zero-order valence-electron chi connectivity index (χ0n) is 11.6. The molecule has 0 aromatic heterocycles. The first-order chi connectivity index (χ1) is 10.1. The zero-order valence-corrected chi connectivity index (χ0v) is 11.6. The van der Waals surface area contributed by atoms with Crippen molar-refractivity contribution in [1.82, 2.24) is 0 Å². The minimum atomic E-state index is -0.383. The van der Waals surface area contributed by atoms with Crippen molar-refractivity contribution in [2.24, 2.45) is 0 Å². The smallest absolute Gasteiger partial charge is 0.231 e. The minimum absolute atomic E-state index is 0.113. The molecule has 2 aromatic carbocycles. The van der Waals surface area contributed by atoms with E-state index < -0.39 is 0 Å². The molecule has 0 bridgehead atoms. The summed E-state index contributed by atoms with van der Waals surface area (Å²) in [6, 6.07) is 15.6. The van der Waals surface area contributed by atoms with Crippen LogP contribution in [0.5, 0.6) is 0 Å². The highest BCUT2D eigenvalue weighted by molar-refractivity contribution is 6.10. The fourth-order valence-corrected chi connectivity index (χ4v) is 1.93. The molecule has 0 saturated carbocycles. The lowest BCUT2D eigenvalue weighted by Crippen LogP contribution is -2.15. The number of anilines is 1. The Kier molecular flexibility index (Phi) is 4.61. The lowest BCUT2D eigenvalue weighted by Gasteiger charge is -2.06. The van der Waals surface area contributed by atoms with Gasteiger partial charge in [-0.1, -0.05) is 42.5 Å². The topological polar surface area (TPSA) is 63.2 Å². The molecule has 0 atom stereocenters. The van der Waals surface area contributed by atoms with Crippen molar-refractivity contribution in [2.75, 3.05) is 5.32 Å². The van der Waals surface area contributed by atoms with Crippen molar-refractivity contribution in [3.8, 4) is 0 Å². The van der Waals surface area contributed by atoms with Crippen LogP contribution in [0.3, 0.4) is 0 Å². The quantitative estimate of drug-likeness (QED) is 0.677. The van der Waals surface area contributed by atoms with Gasteiger partial charge in [-0.3, -0.25) is 14.4 Å². The first-order valence-corrected chi connectivity index (χ1v) is 6.55. The number of carbonyl (C=O) groups is 3. The van der Waals surface area contributed by atoms with E-state index in [1.807, 2.05) is 6.07 Å². The summed E-state index contributed by atoms with van der Waals surface area (Å²) in [5.41, 5.74) is 1.58. The molecule has 0 unspecified atom stereocenters. The van der Waals surface area contributed by atoms with Gasteiger partial charge in [0.05, 0.1) is 6.42 Å². The molecular formula is C17H15NO3. The van der Waals surface area contributed by atoms with Crippen LogP contribution >= 0.6 is 0 Å². The molecule has 0 aliphatic rings. The van der Waals surface area contributed by atoms with Gasteiger partial charge in [-0.2, -0.15) is 0 Å². The van der Waals surface area contributed by atoms with Crippen LogP contribution in [0.25, 0.3) is 0 Å². The van der Waals surface area contributed by atoms with Crippen LogP contribution in [-0.4, -0.2) is 17.5 Å². The Balaban J connectivity index is 2.16. The average molecular weight is 281 g/mol. The second-order valence-electron chi connectivity index (χ2n) is 4.70. The number of hydrogen-bond donors (Lipinski definition) is 1. The molecule has 4 heteroatoms. The first-order valence-electron chi connectivity index (χ1n) is 6.55. The molecule has 0 spiro atoms. The minimum Gasteiger partial charge on any atom is -0.326 e. The maximum Gasteiger partial charge on any atom is 0.231 e. The number of rotatable bonds is 5. The molecule has 0 saturated heterocycles. The third kappa shape index (κ3) is 4.11. The van der Waals surface area contributed by atoms with Crippen LogP contribution < -0.4 is 5.32 Å². The molecular weight excluding hydrogens is 266 g/mol. The highest BCUT2D eigenvalue weighted by Crippen LogP contribution is 2.15. The fraction of sp³-hybridized carbons (Fsp3) is 0.118. The second-order valence-corrected chi connectivity index (χ2v) is 4.70. The SMILES string of the molecule is CC(=O)CC(=O)Nc1cccc(C(=O)c2ccccc2)c1. The Morgan fingerprint density at radius 1 is 0.905 bits per heavy atom. The van der Waals surface area contributed by atoms with Gasteiger partial charge in [-0.25, -0.2) is 0 Å². The van der Waals surface area contributed by atoms with Crippen LogP contribution in [-0.2, 0) is 9.59 Å². The number of benzene rings is 2. The lowest BCUT2D eigenvalue weighted by molar-refractivity contribution is -0.124. The predicted octanol–water partition coefficient (Wildman–Crippen LogP) is 2.84. The number of amides is 1. The van der Waals surface area contributed by atoms with Crippen LogP contribution in [0, 0.1) is 0 Å². The number of nitrogens with one attached hydrogen (secondary N) is 1. The Bertz CT molecular complexity index is 677. The van der Waals surface area contributed by atoms with Gasteiger partial charge in [-0.05, 0) is 19.1 Å². The van der Waals surface area contributed by atoms with Crippen molar-refractivity contribution >= 4 is 23.2 Å². The van der Waals surface area contributed by atoms with Gasteiger partial charge in [0.1, 0.15) is 5.78 Å². The molecule has 1 amide bonds. The molecule has 4 nitrogen and oxygen atoms in total. The molecule has 0 aliphatic carbocycles. The van der Waals surface area contributed by atoms with Crippen molar-refractivity contribution in [1.29, 1.82) is 0 Å². The predicted molar refractivity (Wildman–Crippen MR) is 80.2 cm³/mol. The molecule has 1 N–H and O–H groups in total. The summed E-state index contributed by atoms with van der Waals surface area (Å²) >= 11 is 0. The van der Waals surface area contributed by atoms with E-state index in [1.54, 1.807) is 48.5 Å². The summed E-state index contributed by atoms with van der Waals surface area (Å²) in [6.07, 6.45) is -0.170. The van der Waals surface area contributed by atoms with Gasteiger partial charge < -0.3 is 5.32 Å². The molecule has 0 aliphatic heterocycles. The number of ketones is 2. The monoisotopic (exact) mass is 281 g/mol. The highest BCUT2D eigenvalue weighted by Gasteiger charge is 2.10. The van der Waals surface area contributed by atoms with Crippen molar-refractivity contribution < 1.29 is 14.4 Å². The van der Waals surface area contributed by atoms with Crippen LogP contribution in [0.15, 0.2) is 54.6 Å². The molecule has 2 rings (SSSR count). The van der Waals surface area contributed by atoms with E-state index in [4.69, 9.17) is 0 Å². The Morgan fingerprint density at radius 2 is 1.57 bits per heavy atom. The number of carbonyl (C=O) groups excluding carboxylic acids is 3. The van der Waals surface area contributed by atoms with E-state index in [-0.39, 0.29) is 23.9 Å². The van der Waals surface area contributed by atoms with Crippen molar-refractivity contribution in [3.63, 3.8) is 0 Å². The second kappa shape index (κ2) is 6.61. The normalized spacial score (nSPS) is 9.95. The third-order valence-electron chi connectivity index (χ3n) is 2.85.